The number of benzene rings is 1. The van der Waals surface area contributed by atoms with E-state index in [-0.39, 0.29) is 11.9 Å². The van der Waals surface area contributed by atoms with Gasteiger partial charge in [-0.2, -0.15) is 0 Å². The molecular formula is C14H17N5OS. The van der Waals surface area contributed by atoms with E-state index in [1.165, 1.54) is 22.9 Å². The van der Waals surface area contributed by atoms with Crippen LogP contribution >= 0.6 is 11.8 Å². The Labute approximate surface area is 127 Å². The van der Waals surface area contributed by atoms with Gasteiger partial charge in [-0.25, -0.2) is 4.68 Å². The van der Waals surface area contributed by atoms with Crippen molar-refractivity contribution in [3.8, 4) is 0 Å². The number of carbonyl (C=O) groups excluding carboxylic acids is 1. The number of rotatable bonds is 4. The second-order valence-corrected chi connectivity index (χ2v) is 6.03. The van der Waals surface area contributed by atoms with Crippen molar-refractivity contribution in [1.82, 2.24) is 25.5 Å². The van der Waals surface area contributed by atoms with E-state index in [0.717, 1.165) is 19.3 Å². The molecule has 1 aromatic heterocycles. The van der Waals surface area contributed by atoms with Crippen LogP contribution in [0.2, 0.25) is 0 Å². The van der Waals surface area contributed by atoms with Crippen LogP contribution in [-0.2, 0) is 18.3 Å². The van der Waals surface area contributed by atoms with E-state index in [1.54, 1.807) is 11.7 Å². The summed E-state index contributed by atoms with van der Waals surface area (Å²) in [5.41, 5.74) is 2.60. The Morgan fingerprint density at radius 2 is 2.33 bits per heavy atom. The molecule has 0 spiro atoms. The molecule has 0 unspecified atom stereocenters. The van der Waals surface area contributed by atoms with Gasteiger partial charge in [0.25, 0.3) is 0 Å². The quantitative estimate of drug-likeness (QED) is 0.867. The number of hydrogen-bond donors (Lipinski definition) is 1. The van der Waals surface area contributed by atoms with E-state index in [0.29, 0.717) is 10.9 Å². The molecule has 0 saturated heterocycles. The molecule has 3 rings (SSSR count). The summed E-state index contributed by atoms with van der Waals surface area (Å²) in [4.78, 5) is 12.1. The predicted molar refractivity (Wildman–Crippen MR) is 79.8 cm³/mol. The minimum Gasteiger partial charge on any atom is -0.349 e. The third-order valence-corrected chi connectivity index (χ3v) is 4.63. The Morgan fingerprint density at radius 3 is 3.14 bits per heavy atom. The molecule has 1 aliphatic carbocycles. The van der Waals surface area contributed by atoms with Gasteiger partial charge in [0.2, 0.25) is 11.1 Å². The Balaban J connectivity index is 1.60. The summed E-state index contributed by atoms with van der Waals surface area (Å²) < 4.78 is 1.56. The monoisotopic (exact) mass is 303 g/mol. The van der Waals surface area contributed by atoms with Gasteiger partial charge in [-0.1, -0.05) is 36.0 Å². The summed E-state index contributed by atoms with van der Waals surface area (Å²) in [5.74, 6) is 0.345. The topological polar surface area (TPSA) is 72.7 Å². The lowest BCUT2D eigenvalue weighted by Crippen LogP contribution is -2.32. The molecule has 7 heteroatoms. The summed E-state index contributed by atoms with van der Waals surface area (Å²) in [7, 11) is 1.76. The molecule has 2 aromatic rings. The SMILES string of the molecule is Cn1nnnc1SCC(=O)N[C@H]1CCCc2ccccc21. The Hall–Kier alpha value is -1.89. The molecule has 110 valence electrons. The number of amides is 1. The lowest BCUT2D eigenvalue weighted by Gasteiger charge is -2.26. The summed E-state index contributed by atoms with van der Waals surface area (Å²) >= 11 is 1.35. The third-order valence-electron chi connectivity index (χ3n) is 3.62. The lowest BCUT2D eigenvalue weighted by molar-refractivity contribution is -0.119. The number of carbonyl (C=O) groups is 1. The Bertz CT molecular complexity index is 642. The molecule has 0 bridgehead atoms. The van der Waals surface area contributed by atoms with Gasteiger partial charge in [-0.15, -0.1) is 5.10 Å². The van der Waals surface area contributed by atoms with Gasteiger partial charge in [-0.05, 0) is 40.8 Å². The molecule has 0 fully saturated rings. The number of thioether (sulfide) groups is 1. The Kier molecular flexibility index (Phi) is 4.19. The fraction of sp³-hybridized carbons (Fsp3) is 0.429. The number of fused-ring (bicyclic) bond motifs is 1. The van der Waals surface area contributed by atoms with Crippen molar-refractivity contribution in [2.75, 3.05) is 5.75 Å². The molecule has 1 aromatic carbocycles. The van der Waals surface area contributed by atoms with Crippen molar-refractivity contribution < 1.29 is 4.79 Å². The molecule has 1 amide bonds. The highest BCUT2D eigenvalue weighted by molar-refractivity contribution is 7.99. The van der Waals surface area contributed by atoms with E-state index >= 15 is 0 Å². The summed E-state index contributed by atoms with van der Waals surface area (Å²) in [6, 6.07) is 8.47. The molecular weight excluding hydrogens is 286 g/mol. The summed E-state index contributed by atoms with van der Waals surface area (Å²) in [6.07, 6.45) is 3.21. The second-order valence-electron chi connectivity index (χ2n) is 5.08. The van der Waals surface area contributed by atoms with E-state index in [1.807, 2.05) is 6.07 Å². The summed E-state index contributed by atoms with van der Waals surface area (Å²) in [5, 5.41) is 14.9. The highest BCUT2D eigenvalue weighted by Crippen LogP contribution is 2.29. The van der Waals surface area contributed by atoms with Crippen LogP contribution in [-0.4, -0.2) is 31.9 Å². The van der Waals surface area contributed by atoms with Crippen LogP contribution in [0.25, 0.3) is 0 Å². The first-order chi connectivity index (χ1) is 10.2. The maximum Gasteiger partial charge on any atom is 0.230 e. The zero-order valence-corrected chi connectivity index (χ0v) is 12.6. The van der Waals surface area contributed by atoms with Crippen molar-refractivity contribution in [3.05, 3.63) is 35.4 Å². The normalized spacial score (nSPS) is 17.3. The van der Waals surface area contributed by atoms with Crippen LogP contribution in [0.3, 0.4) is 0 Å². The number of nitrogens with zero attached hydrogens (tertiary/aromatic N) is 4. The highest BCUT2D eigenvalue weighted by atomic mass is 32.2. The van der Waals surface area contributed by atoms with Crippen molar-refractivity contribution in [2.24, 2.45) is 7.05 Å². The van der Waals surface area contributed by atoms with E-state index in [9.17, 15) is 4.79 Å². The fourth-order valence-corrected chi connectivity index (χ4v) is 3.27. The smallest absolute Gasteiger partial charge is 0.230 e. The van der Waals surface area contributed by atoms with Gasteiger partial charge in [-0.3, -0.25) is 4.79 Å². The van der Waals surface area contributed by atoms with Crippen molar-refractivity contribution in [2.45, 2.75) is 30.5 Å². The van der Waals surface area contributed by atoms with E-state index in [4.69, 9.17) is 0 Å². The molecule has 1 heterocycles. The number of aromatic nitrogens is 4. The van der Waals surface area contributed by atoms with Gasteiger partial charge in [0.05, 0.1) is 11.8 Å². The van der Waals surface area contributed by atoms with Crippen LogP contribution in [0.1, 0.15) is 30.0 Å². The maximum absolute atomic E-state index is 12.1. The van der Waals surface area contributed by atoms with Gasteiger partial charge >= 0.3 is 0 Å². The van der Waals surface area contributed by atoms with Crippen LogP contribution in [0.15, 0.2) is 29.4 Å². The highest BCUT2D eigenvalue weighted by Gasteiger charge is 2.21. The van der Waals surface area contributed by atoms with Gasteiger partial charge in [0.1, 0.15) is 0 Å². The maximum atomic E-state index is 12.1. The number of aryl methyl sites for hydroxylation is 2. The number of nitrogens with one attached hydrogen (secondary N) is 1. The van der Waals surface area contributed by atoms with E-state index in [2.05, 4.69) is 39.0 Å². The van der Waals surface area contributed by atoms with Crippen molar-refractivity contribution >= 4 is 17.7 Å². The van der Waals surface area contributed by atoms with Gasteiger partial charge < -0.3 is 5.32 Å². The molecule has 21 heavy (non-hydrogen) atoms. The number of hydrogen-bond acceptors (Lipinski definition) is 5. The van der Waals surface area contributed by atoms with Gasteiger partial charge in [0.15, 0.2) is 0 Å². The standard InChI is InChI=1S/C14H17N5OS/c1-19-14(16-17-18-19)21-9-13(20)15-12-8-4-6-10-5-2-3-7-11(10)12/h2-3,5,7,12H,4,6,8-9H2,1H3,(H,15,20)/t12-/m0/s1. The number of tetrazole rings is 1. The van der Waals surface area contributed by atoms with Crippen LogP contribution in [0.4, 0.5) is 0 Å². The lowest BCUT2D eigenvalue weighted by atomic mass is 9.88. The van der Waals surface area contributed by atoms with E-state index < -0.39 is 0 Å². The molecule has 0 saturated carbocycles. The minimum absolute atomic E-state index is 0.0182. The predicted octanol–water partition coefficient (Wildman–Crippen LogP) is 1.50. The van der Waals surface area contributed by atoms with Crippen LogP contribution in [0.5, 0.6) is 0 Å². The molecule has 0 aliphatic heterocycles. The minimum atomic E-state index is 0.0182. The molecule has 1 N–H and O–H groups in total. The fourth-order valence-electron chi connectivity index (χ4n) is 2.61. The summed E-state index contributed by atoms with van der Waals surface area (Å²) in [6.45, 7) is 0. The largest absolute Gasteiger partial charge is 0.349 e. The van der Waals surface area contributed by atoms with Gasteiger partial charge in [0, 0.05) is 7.05 Å². The molecule has 1 atom stereocenters. The van der Waals surface area contributed by atoms with Crippen molar-refractivity contribution in [3.63, 3.8) is 0 Å². The van der Waals surface area contributed by atoms with Crippen LogP contribution in [0, 0.1) is 0 Å². The molecule has 1 aliphatic rings. The first-order valence-corrected chi connectivity index (χ1v) is 7.95. The van der Waals surface area contributed by atoms with Crippen LogP contribution < -0.4 is 5.32 Å². The first-order valence-electron chi connectivity index (χ1n) is 6.96. The van der Waals surface area contributed by atoms with Crippen molar-refractivity contribution in [1.29, 1.82) is 0 Å². The average molecular weight is 303 g/mol. The first kappa shape index (κ1) is 14.1. The average Bonchev–Trinajstić information content (AvgIpc) is 2.91. The zero-order valence-electron chi connectivity index (χ0n) is 11.8. The third kappa shape index (κ3) is 3.24. The second kappa shape index (κ2) is 6.26. The molecule has 6 nitrogen and oxygen atoms in total. The molecule has 0 radical (unpaired) electrons. The zero-order chi connectivity index (χ0) is 14.7. The Morgan fingerprint density at radius 1 is 1.48 bits per heavy atom.